The van der Waals surface area contributed by atoms with Gasteiger partial charge in [-0.25, -0.2) is 9.82 Å². The van der Waals surface area contributed by atoms with Crippen molar-refractivity contribution >= 4 is 15.9 Å². The summed E-state index contributed by atoms with van der Waals surface area (Å²) in [5, 5.41) is 0. The van der Waals surface area contributed by atoms with E-state index in [1.54, 1.807) is 6.07 Å². The number of nitrogens with two attached hydrogens (primary N) is 1. The van der Waals surface area contributed by atoms with Gasteiger partial charge >= 0.3 is 0 Å². The monoisotopic (exact) mass is 352 g/mol. The van der Waals surface area contributed by atoms with Crippen LogP contribution < -0.4 is 16.0 Å². The molecule has 2 aromatic rings. The van der Waals surface area contributed by atoms with Crippen LogP contribution in [0.2, 0.25) is 0 Å². The van der Waals surface area contributed by atoms with Crippen LogP contribution in [0.25, 0.3) is 0 Å². The molecule has 0 saturated heterocycles. The standard InChI is InChI=1S/C16H18BrFN2O/c1-2-9-21-15-6-4-3-5-12(15)16(20-19)13-10-11(18)7-8-14(13)17/h3-8,10,16,20H,2,9,19H2,1H3. The second-order valence-electron chi connectivity index (χ2n) is 4.65. The number of hydrazine groups is 1. The highest BCUT2D eigenvalue weighted by Gasteiger charge is 2.19. The van der Waals surface area contributed by atoms with Crippen LogP contribution >= 0.6 is 15.9 Å². The predicted molar refractivity (Wildman–Crippen MR) is 85.5 cm³/mol. The number of para-hydroxylation sites is 1. The predicted octanol–water partition coefficient (Wildman–Crippen LogP) is 3.93. The minimum Gasteiger partial charge on any atom is -0.493 e. The maximum absolute atomic E-state index is 13.5. The zero-order valence-corrected chi connectivity index (χ0v) is 13.4. The topological polar surface area (TPSA) is 47.3 Å². The van der Waals surface area contributed by atoms with Gasteiger partial charge in [-0.3, -0.25) is 5.84 Å². The molecule has 0 spiro atoms. The molecule has 2 rings (SSSR count). The lowest BCUT2D eigenvalue weighted by atomic mass is 9.98. The average molecular weight is 353 g/mol. The van der Waals surface area contributed by atoms with Gasteiger partial charge in [0.2, 0.25) is 0 Å². The Morgan fingerprint density at radius 2 is 2.00 bits per heavy atom. The summed E-state index contributed by atoms with van der Waals surface area (Å²) in [5.41, 5.74) is 4.34. The summed E-state index contributed by atoms with van der Waals surface area (Å²) < 4.78 is 20.1. The molecular weight excluding hydrogens is 335 g/mol. The molecular formula is C16H18BrFN2O. The van der Waals surface area contributed by atoms with Gasteiger partial charge in [0, 0.05) is 10.0 Å². The van der Waals surface area contributed by atoms with E-state index < -0.39 is 0 Å². The van der Waals surface area contributed by atoms with Crippen molar-refractivity contribution < 1.29 is 9.13 Å². The summed E-state index contributed by atoms with van der Waals surface area (Å²) in [6.07, 6.45) is 0.915. The first-order valence-electron chi connectivity index (χ1n) is 6.80. The second-order valence-corrected chi connectivity index (χ2v) is 5.51. The highest BCUT2D eigenvalue weighted by molar-refractivity contribution is 9.10. The molecule has 0 heterocycles. The van der Waals surface area contributed by atoms with E-state index in [2.05, 4.69) is 21.4 Å². The van der Waals surface area contributed by atoms with Gasteiger partial charge in [-0.2, -0.15) is 0 Å². The lowest BCUT2D eigenvalue weighted by Gasteiger charge is -2.21. The summed E-state index contributed by atoms with van der Waals surface area (Å²) in [7, 11) is 0. The molecule has 3 nitrogen and oxygen atoms in total. The molecule has 1 unspecified atom stereocenters. The van der Waals surface area contributed by atoms with E-state index in [9.17, 15) is 4.39 Å². The summed E-state index contributed by atoms with van der Waals surface area (Å²) in [4.78, 5) is 0. The summed E-state index contributed by atoms with van der Waals surface area (Å²) in [5.74, 6) is 6.15. The van der Waals surface area contributed by atoms with E-state index in [4.69, 9.17) is 10.6 Å². The molecule has 0 aromatic heterocycles. The van der Waals surface area contributed by atoms with E-state index in [0.717, 1.165) is 27.8 Å². The molecule has 0 radical (unpaired) electrons. The third kappa shape index (κ3) is 3.81. The first-order chi connectivity index (χ1) is 10.2. The minimum absolute atomic E-state index is 0.305. The van der Waals surface area contributed by atoms with Crippen LogP contribution in [-0.4, -0.2) is 6.61 Å². The van der Waals surface area contributed by atoms with Crippen LogP contribution in [0.4, 0.5) is 4.39 Å². The molecule has 2 aromatic carbocycles. The Balaban J connectivity index is 2.44. The Hall–Kier alpha value is -1.43. The summed E-state index contributed by atoms with van der Waals surface area (Å²) >= 11 is 3.44. The molecule has 5 heteroatoms. The maximum atomic E-state index is 13.5. The smallest absolute Gasteiger partial charge is 0.124 e. The number of benzene rings is 2. The molecule has 3 N–H and O–H groups in total. The van der Waals surface area contributed by atoms with Crippen molar-refractivity contribution in [1.29, 1.82) is 0 Å². The lowest BCUT2D eigenvalue weighted by Crippen LogP contribution is -2.29. The fraction of sp³-hybridized carbons (Fsp3) is 0.250. The fourth-order valence-corrected chi connectivity index (χ4v) is 2.62. The van der Waals surface area contributed by atoms with Gasteiger partial charge in [-0.15, -0.1) is 0 Å². The van der Waals surface area contributed by atoms with Crippen molar-refractivity contribution in [3.05, 3.63) is 63.9 Å². The fourth-order valence-electron chi connectivity index (χ4n) is 2.15. The largest absolute Gasteiger partial charge is 0.493 e. The van der Waals surface area contributed by atoms with Crippen molar-refractivity contribution in [3.8, 4) is 5.75 Å². The number of ether oxygens (including phenoxy) is 1. The van der Waals surface area contributed by atoms with E-state index in [-0.39, 0.29) is 11.9 Å². The molecule has 0 fully saturated rings. The molecule has 0 aliphatic heterocycles. The third-order valence-electron chi connectivity index (χ3n) is 3.13. The van der Waals surface area contributed by atoms with Gasteiger partial charge in [0.05, 0.1) is 12.6 Å². The Morgan fingerprint density at radius 3 is 2.71 bits per heavy atom. The van der Waals surface area contributed by atoms with Gasteiger partial charge in [0.15, 0.2) is 0 Å². The molecule has 0 bridgehead atoms. The molecule has 0 amide bonds. The van der Waals surface area contributed by atoms with Crippen molar-refractivity contribution in [2.45, 2.75) is 19.4 Å². The molecule has 0 aliphatic rings. The van der Waals surface area contributed by atoms with E-state index in [0.29, 0.717) is 6.61 Å². The van der Waals surface area contributed by atoms with E-state index >= 15 is 0 Å². The minimum atomic E-state index is -0.358. The number of nitrogens with one attached hydrogen (secondary N) is 1. The normalized spacial score (nSPS) is 12.2. The zero-order valence-electron chi connectivity index (χ0n) is 11.8. The Labute approximate surface area is 132 Å². The summed E-state index contributed by atoms with van der Waals surface area (Å²) in [6.45, 7) is 2.67. The quantitative estimate of drug-likeness (QED) is 0.611. The van der Waals surface area contributed by atoms with E-state index in [1.165, 1.54) is 12.1 Å². The van der Waals surface area contributed by atoms with Gasteiger partial charge in [-0.05, 0) is 36.2 Å². The van der Waals surface area contributed by atoms with Gasteiger partial charge < -0.3 is 4.74 Å². The molecule has 21 heavy (non-hydrogen) atoms. The van der Waals surface area contributed by atoms with Crippen LogP contribution in [-0.2, 0) is 0 Å². The first kappa shape index (κ1) is 15.9. The Bertz CT molecular complexity index is 607. The lowest BCUT2D eigenvalue weighted by molar-refractivity contribution is 0.311. The number of rotatable bonds is 6. The van der Waals surface area contributed by atoms with Gasteiger partial charge in [0.25, 0.3) is 0 Å². The Kier molecular flexibility index (Phi) is 5.73. The number of halogens is 2. The van der Waals surface area contributed by atoms with Crippen LogP contribution in [0, 0.1) is 5.82 Å². The van der Waals surface area contributed by atoms with Crippen LogP contribution in [0.3, 0.4) is 0 Å². The summed E-state index contributed by atoms with van der Waals surface area (Å²) in [6, 6.07) is 11.8. The highest BCUT2D eigenvalue weighted by atomic mass is 79.9. The average Bonchev–Trinajstić information content (AvgIpc) is 2.50. The van der Waals surface area contributed by atoms with Crippen molar-refractivity contribution in [3.63, 3.8) is 0 Å². The van der Waals surface area contributed by atoms with Crippen molar-refractivity contribution in [2.75, 3.05) is 6.61 Å². The molecule has 0 aliphatic carbocycles. The number of hydrogen-bond acceptors (Lipinski definition) is 3. The number of hydrogen-bond donors (Lipinski definition) is 2. The van der Waals surface area contributed by atoms with E-state index in [1.807, 2.05) is 31.2 Å². The first-order valence-corrected chi connectivity index (χ1v) is 7.59. The van der Waals surface area contributed by atoms with Crippen LogP contribution in [0.5, 0.6) is 5.75 Å². The van der Waals surface area contributed by atoms with Crippen LogP contribution in [0.15, 0.2) is 46.9 Å². The van der Waals surface area contributed by atoms with Crippen LogP contribution in [0.1, 0.15) is 30.5 Å². The molecule has 1 atom stereocenters. The van der Waals surface area contributed by atoms with Crippen molar-refractivity contribution in [1.82, 2.24) is 5.43 Å². The van der Waals surface area contributed by atoms with Gasteiger partial charge in [-0.1, -0.05) is 41.1 Å². The second kappa shape index (κ2) is 7.54. The maximum Gasteiger partial charge on any atom is 0.124 e. The highest BCUT2D eigenvalue weighted by Crippen LogP contribution is 2.33. The third-order valence-corrected chi connectivity index (χ3v) is 3.85. The molecule has 112 valence electrons. The van der Waals surface area contributed by atoms with Gasteiger partial charge in [0.1, 0.15) is 11.6 Å². The molecule has 0 saturated carbocycles. The Morgan fingerprint density at radius 1 is 1.24 bits per heavy atom. The zero-order chi connectivity index (χ0) is 15.2. The van der Waals surface area contributed by atoms with Crippen molar-refractivity contribution in [2.24, 2.45) is 5.84 Å². The SMILES string of the molecule is CCCOc1ccccc1C(NN)c1cc(F)ccc1Br.